The van der Waals surface area contributed by atoms with E-state index in [1.807, 2.05) is 0 Å². The summed E-state index contributed by atoms with van der Waals surface area (Å²) in [7, 11) is 0. The number of thioether (sulfide) groups is 1. The molecule has 4 nitrogen and oxygen atoms in total. The normalized spacial score (nSPS) is 21.8. The molecule has 8 heteroatoms. The summed E-state index contributed by atoms with van der Waals surface area (Å²) in [5.41, 5.74) is -1.47. The standard InChI is InChI=1S/C12H10Cl2FNO3S/c13-7-4-8(14)9(15)3-6(7)10(17)16-12(11(18)19)1-2-20-5-12/h3-4H,1-2,5H2,(H,16,17)(H,18,19). The minimum absolute atomic E-state index is 0.0277. The highest BCUT2D eigenvalue weighted by Crippen LogP contribution is 2.30. The molecule has 0 spiro atoms. The number of rotatable bonds is 3. The van der Waals surface area contributed by atoms with Gasteiger partial charge in [0, 0.05) is 5.75 Å². The van der Waals surface area contributed by atoms with Crippen LogP contribution in [0.3, 0.4) is 0 Å². The number of aliphatic carboxylic acids is 1. The van der Waals surface area contributed by atoms with E-state index in [9.17, 15) is 19.1 Å². The molecule has 1 atom stereocenters. The van der Waals surface area contributed by atoms with Crippen LogP contribution in [-0.2, 0) is 4.79 Å². The van der Waals surface area contributed by atoms with E-state index in [2.05, 4.69) is 5.32 Å². The van der Waals surface area contributed by atoms with Crippen molar-refractivity contribution in [2.24, 2.45) is 0 Å². The molecule has 1 saturated heterocycles. The van der Waals surface area contributed by atoms with Crippen molar-refractivity contribution in [1.29, 1.82) is 0 Å². The van der Waals surface area contributed by atoms with Crippen LogP contribution in [0.1, 0.15) is 16.8 Å². The minimum atomic E-state index is -1.33. The molecule has 2 N–H and O–H groups in total. The largest absolute Gasteiger partial charge is 0.479 e. The van der Waals surface area contributed by atoms with Gasteiger partial charge in [0.15, 0.2) is 0 Å². The Kier molecular flexibility index (Phi) is 4.46. The van der Waals surface area contributed by atoms with E-state index in [0.717, 1.165) is 12.1 Å². The number of carbonyl (C=O) groups excluding carboxylic acids is 1. The Morgan fingerprint density at radius 3 is 2.60 bits per heavy atom. The average Bonchev–Trinajstić information content (AvgIpc) is 2.83. The number of benzene rings is 1. The third kappa shape index (κ3) is 2.87. The van der Waals surface area contributed by atoms with Crippen LogP contribution in [0.2, 0.25) is 10.0 Å². The first-order valence-corrected chi connectivity index (χ1v) is 7.55. The third-order valence-electron chi connectivity index (χ3n) is 3.04. The molecule has 0 aromatic heterocycles. The second-order valence-corrected chi connectivity index (χ2v) is 6.31. The number of carbonyl (C=O) groups is 2. The quantitative estimate of drug-likeness (QED) is 0.832. The van der Waals surface area contributed by atoms with Crippen LogP contribution in [0, 0.1) is 5.82 Å². The van der Waals surface area contributed by atoms with E-state index < -0.39 is 23.2 Å². The van der Waals surface area contributed by atoms with Gasteiger partial charge in [-0.2, -0.15) is 11.8 Å². The lowest BCUT2D eigenvalue weighted by Gasteiger charge is -2.24. The third-order valence-corrected chi connectivity index (χ3v) is 4.83. The molecule has 1 fully saturated rings. The zero-order valence-electron chi connectivity index (χ0n) is 10.1. The summed E-state index contributed by atoms with van der Waals surface area (Å²) < 4.78 is 13.4. The SMILES string of the molecule is O=C(NC1(C(=O)O)CCSC1)c1cc(F)c(Cl)cc1Cl. The van der Waals surface area contributed by atoms with Gasteiger partial charge in [0.25, 0.3) is 5.91 Å². The Morgan fingerprint density at radius 1 is 1.35 bits per heavy atom. The Balaban J connectivity index is 2.28. The minimum Gasteiger partial charge on any atom is -0.479 e. The van der Waals surface area contributed by atoms with Gasteiger partial charge in [0.05, 0.1) is 15.6 Å². The van der Waals surface area contributed by atoms with E-state index in [0.29, 0.717) is 12.2 Å². The van der Waals surface area contributed by atoms with Crippen LogP contribution in [-0.4, -0.2) is 34.0 Å². The van der Waals surface area contributed by atoms with E-state index in [-0.39, 0.29) is 21.4 Å². The summed E-state index contributed by atoms with van der Waals surface area (Å²) in [5.74, 6) is -1.72. The summed E-state index contributed by atoms with van der Waals surface area (Å²) >= 11 is 12.8. The molecule has 1 aliphatic rings. The van der Waals surface area contributed by atoms with Crippen molar-refractivity contribution in [1.82, 2.24) is 5.32 Å². The lowest BCUT2D eigenvalue weighted by atomic mass is 9.98. The highest BCUT2D eigenvalue weighted by Gasteiger charge is 2.43. The zero-order chi connectivity index (χ0) is 14.9. The number of carboxylic acid groups (broad SMARTS) is 1. The monoisotopic (exact) mass is 337 g/mol. The summed E-state index contributed by atoms with van der Waals surface area (Å²) in [4.78, 5) is 23.5. The van der Waals surface area contributed by atoms with E-state index in [1.165, 1.54) is 11.8 Å². The van der Waals surface area contributed by atoms with Crippen molar-refractivity contribution in [2.45, 2.75) is 12.0 Å². The van der Waals surface area contributed by atoms with E-state index >= 15 is 0 Å². The molecule has 2 rings (SSSR count). The predicted molar refractivity (Wildman–Crippen MR) is 76.2 cm³/mol. The van der Waals surface area contributed by atoms with Gasteiger partial charge in [-0.3, -0.25) is 4.79 Å². The van der Waals surface area contributed by atoms with Gasteiger partial charge >= 0.3 is 5.97 Å². The van der Waals surface area contributed by atoms with Crippen LogP contribution >= 0.6 is 35.0 Å². The van der Waals surface area contributed by atoms with Crippen LogP contribution in [0.5, 0.6) is 0 Å². The fourth-order valence-corrected chi connectivity index (χ4v) is 3.66. The molecule has 1 aromatic carbocycles. The lowest BCUT2D eigenvalue weighted by molar-refractivity contribution is -0.143. The van der Waals surface area contributed by atoms with Crippen molar-refractivity contribution < 1.29 is 19.1 Å². The number of nitrogens with one attached hydrogen (secondary N) is 1. The fourth-order valence-electron chi connectivity index (χ4n) is 1.87. The molecule has 108 valence electrons. The van der Waals surface area contributed by atoms with Crippen LogP contribution < -0.4 is 5.32 Å². The molecule has 0 aliphatic carbocycles. The maximum atomic E-state index is 13.4. The van der Waals surface area contributed by atoms with Gasteiger partial charge in [-0.05, 0) is 24.3 Å². The Hall–Kier alpha value is -0.980. The summed E-state index contributed by atoms with van der Waals surface area (Å²) in [6.07, 6.45) is 0.312. The Labute approximate surface area is 128 Å². The Morgan fingerprint density at radius 2 is 2.05 bits per heavy atom. The molecule has 0 saturated carbocycles. The molecular formula is C12H10Cl2FNO3S. The Bertz CT molecular complexity index is 576. The maximum Gasteiger partial charge on any atom is 0.330 e. The lowest BCUT2D eigenvalue weighted by Crippen LogP contribution is -2.54. The predicted octanol–water partition coefficient (Wildman–Crippen LogP) is 2.82. The summed E-state index contributed by atoms with van der Waals surface area (Å²) in [5, 5.41) is 11.5. The van der Waals surface area contributed by atoms with Gasteiger partial charge in [-0.25, -0.2) is 9.18 Å². The van der Waals surface area contributed by atoms with Gasteiger partial charge < -0.3 is 10.4 Å². The second-order valence-electron chi connectivity index (χ2n) is 4.39. The molecule has 1 aromatic rings. The second kappa shape index (κ2) is 5.79. The first-order chi connectivity index (χ1) is 9.35. The highest BCUT2D eigenvalue weighted by atomic mass is 35.5. The van der Waals surface area contributed by atoms with Gasteiger partial charge in [0.2, 0.25) is 0 Å². The van der Waals surface area contributed by atoms with E-state index in [4.69, 9.17) is 23.2 Å². The first kappa shape index (κ1) is 15.4. The highest BCUT2D eigenvalue weighted by molar-refractivity contribution is 7.99. The number of hydrogen-bond acceptors (Lipinski definition) is 3. The number of hydrogen-bond donors (Lipinski definition) is 2. The van der Waals surface area contributed by atoms with E-state index in [1.54, 1.807) is 0 Å². The number of amides is 1. The number of carboxylic acids is 1. The smallest absolute Gasteiger partial charge is 0.330 e. The average molecular weight is 338 g/mol. The van der Waals surface area contributed by atoms with Gasteiger partial charge in [-0.1, -0.05) is 23.2 Å². The molecule has 1 amide bonds. The molecule has 20 heavy (non-hydrogen) atoms. The molecule has 1 aliphatic heterocycles. The van der Waals surface area contributed by atoms with Crippen LogP contribution in [0.15, 0.2) is 12.1 Å². The zero-order valence-corrected chi connectivity index (χ0v) is 12.4. The molecule has 0 radical (unpaired) electrons. The summed E-state index contributed by atoms with van der Waals surface area (Å²) in [6, 6.07) is 2.02. The van der Waals surface area contributed by atoms with Crippen molar-refractivity contribution in [2.75, 3.05) is 11.5 Å². The van der Waals surface area contributed by atoms with Crippen molar-refractivity contribution in [3.05, 3.63) is 33.6 Å². The first-order valence-electron chi connectivity index (χ1n) is 5.64. The molecule has 0 bridgehead atoms. The van der Waals surface area contributed by atoms with Crippen molar-refractivity contribution in [3.8, 4) is 0 Å². The van der Waals surface area contributed by atoms with Crippen molar-refractivity contribution >= 4 is 46.8 Å². The van der Waals surface area contributed by atoms with Gasteiger partial charge in [0.1, 0.15) is 11.4 Å². The topological polar surface area (TPSA) is 66.4 Å². The van der Waals surface area contributed by atoms with Crippen LogP contribution in [0.25, 0.3) is 0 Å². The molecule has 1 unspecified atom stereocenters. The van der Waals surface area contributed by atoms with Crippen molar-refractivity contribution in [3.63, 3.8) is 0 Å². The van der Waals surface area contributed by atoms with Gasteiger partial charge in [-0.15, -0.1) is 0 Å². The maximum absolute atomic E-state index is 13.4. The summed E-state index contributed by atoms with van der Waals surface area (Å²) in [6.45, 7) is 0. The number of halogens is 3. The molecular weight excluding hydrogens is 328 g/mol. The van der Waals surface area contributed by atoms with Crippen LogP contribution in [0.4, 0.5) is 4.39 Å². The fraction of sp³-hybridized carbons (Fsp3) is 0.333. The molecule has 1 heterocycles.